The van der Waals surface area contributed by atoms with Gasteiger partial charge in [0.15, 0.2) is 0 Å². The number of nitrogens with zero attached hydrogens (tertiary/aromatic N) is 1. The van der Waals surface area contributed by atoms with Gasteiger partial charge in [0.05, 0.1) is 5.41 Å². The molecule has 0 amide bonds. The Morgan fingerprint density at radius 1 is 1.43 bits per heavy atom. The van der Waals surface area contributed by atoms with E-state index in [4.69, 9.17) is 5.11 Å². The summed E-state index contributed by atoms with van der Waals surface area (Å²) in [7, 11) is 0. The van der Waals surface area contributed by atoms with Crippen LogP contribution >= 0.6 is 0 Å². The van der Waals surface area contributed by atoms with Gasteiger partial charge >= 0.3 is 5.97 Å². The number of pyridine rings is 1. The predicted molar refractivity (Wildman–Crippen MR) is 50.2 cm³/mol. The quantitative estimate of drug-likeness (QED) is 0.562. The molecule has 0 saturated heterocycles. The van der Waals surface area contributed by atoms with Crippen LogP contribution in [0.5, 0.6) is 0 Å². The minimum atomic E-state index is -0.757. The van der Waals surface area contributed by atoms with Gasteiger partial charge in [-0.25, -0.2) is 12.1 Å². The van der Waals surface area contributed by atoms with Crippen LogP contribution in [0.3, 0.4) is 0 Å². The number of carboxylic acid groups (broad SMARTS) is 1. The second-order valence-corrected chi connectivity index (χ2v) is 3.51. The SMILES string of the molecule is CC(C)(C)C(=O)O.[Zn].[c-]1cccnc1. The Hall–Kier alpha value is -0.757. The van der Waals surface area contributed by atoms with Gasteiger partial charge in [0.2, 0.25) is 0 Å². The van der Waals surface area contributed by atoms with Crippen LogP contribution in [-0.2, 0) is 24.3 Å². The van der Waals surface area contributed by atoms with E-state index in [0.717, 1.165) is 0 Å². The first kappa shape index (κ1) is 15.7. The smallest absolute Gasteiger partial charge is 0.308 e. The molecule has 1 N–H and O–H groups in total. The Balaban J connectivity index is 0. The average Bonchev–Trinajstić information content (AvgIpc) is 2.07. The third-order valence-electron chi connectivity index (χ3n) is 1.16. The fourth-order valence-electron chi connectivity index (χ4n) is 0.277. The summed E-state index contributed by atoms with van der Waals surface area (Å²) in [5.74, 6) is -0.757. The van der Waals surface area contributed by atoms with E-state index < -0.39 is 11.4 Å². The molecule has 0 aromatic carbocycles. The summed E-state index contributed by atoms with van der Waals surface area (Å²) < 4.78 is 0. The summed E-state index contributed by atoms with van der Waals surface area (Å²) in [4.78, 5) is 13.8. The van der Waals surface area contributed by atoms with Crippen molar-refractivity contribution in [2.45, 2.75) is 20.8 Å². The van der Waals surface area contributed by atoms with Gasteiger partial charge in [-0.2, -0.15) is 6.07 Å². The average molecular weight is 246 g/mol. The predicted octanol–water partition coefficient (Wildman–Crippen LogP) is 2.00. The fraction of sp³-hybridized carbons (Fsp3) is 0.400. The van der Waals surface area contributed by atoms with Gasteiger partial charge in [0, 0.05) is 19.5 Å². The normalized spacial score (nSPS) is 9.07. The molecule has 1 aromatic heterocycles. The van der Waals surface area contributed by atoms with E-state index in [9.17, 15) is 4.79 Å². The summed E-state index contributed by atoms with van der Waals surface area (Å²) in [5.41, 5.74) is -0.583. The molecule has 1 rings (SSSR count). The molecule has 0 saturated carbocycles. The molecule has 0 aliphatic rings. The molecule has 14 heavy (non-hydrogen) atoms. The minimum Gasteiger partial charge on any atom is -0.481 e. The summed E-state index contributed by atoms with van der Waals surface area (Å²) in [6.45, 7) is 4.99. The first-order valence-corrected chi connectivity index (χ1v) is 3.94. The van der Waals surface area contributed by atoms with Crippen LogP contribution in [0.25, 0.3) is 0 Å². The first-order valence-electron chi connectivity index (χ1n) is 3.94. The van der Waals surface area contributed by atoms with Crippen molar-refractivity contribution in [3.63, 3.8) is 0 Å². The van der Waals surface area contributed by atoms with Crippen LogP contribution in [0.4, 0.5) is 0 Å². The Morgan fingerprint density at radius 3 is 2.00 bits per heavy atom. The van der Waals surface area contributed by atoms with Crippen LogP contribution in [0.2, 0.25) is 0 Å². The maximum Gasteiger partial charge on any atom is 0.308 e. The van der Waals surface area contributed by atoms with Gasteiger partial charge in [-0.1, -0.05) is 12.4 Å². The van der Waals surface area contributed by atoms with E-state index >= 15 is 0 Å². The largest absolute Gasteiger partial charge is 0.481 e. The van der Waals surface area contributed by atoms with Crippen molar-refractivity contribution in [1.82, 2.24) is 4.98 Å². The Morgan fingerprint density at radius 2 is 1.93 bits per heavy atom. The summed E-state index contributed by atoms with van der Waals surface area (Å²) in [6, 6.07) is 6.43. The third kappa shape index (κ3) is 9.33. The molecule has 0 unspecified atom stereocenters. The molecule has 0 bridgehead atoms. The van der Waals surface area contributed by atoms with Gasteiger partial charge < -0.3 is 10.1 Å². The van der Waals surface area contributed by atoms with Crippen molar-refractivity contribution < 1.29 is 29.4 Å². The number of aromatic nitrogens is 1. The van der Waals surface area contributed by atoms with Gasteiger partial charge in [-0.05, 0) is 20.8 Å². The standard InChI is InChI=1S/C5H4N.C5H10O2.Zn/c1-2-4-6-5-3-1;1-5(2,3)4(6)7;/h1-2,4-5H;1-3H3,(H,6,7);/q-1;;. The van der Waals surface area contributed by atoms with Gasteiger partial charge in [-0.15, -0.1) is 0 Å². The monoisotopic (exact) mass is 244 g/mol. The van der Waals surface area contributed by atoms with E-state index in [1.54, 1.807) is 33.2 Å². The zero-order valence-electron chi connectivity index (χ0n) is 8.82. The molecule has 0 aliphatic carbocycles. The molecule has 0 spiro atoms. The Labute approximate surface area is 97.3 Å². The Bertz CT molecular complexity index is 217. The molecule has 74 valence electrons. The first-order chi connectivity index (χ1) is 5.94. The van der Waals surface area contributed by atoms with Crippen LogP contribution < -0.4 is 0 Å². The molecule has 1 heterocycles. The molecule has 1 aromatic rings. The molecule has 0 fully saturated rings. The van der Waals surface area contributed by atoms with Crippen molar-refractivity contribution in [1.29, 1.82) is 0 Å². The van der Waals surface area contributed by atoms with E-state index in [1.807, 2.05) is 12.1 Å². The van der Waals surface area contributed by atoms with Gasteiger partial charge in [0.25, 0.3) is 0 Å². The molecule has 0 atom stereocenters. The number of carbonyl (C=O) groups is 1. The van der Waals surface area contributed by atoms with E-state index in [0.29, 0.717) is 0 Å². The fourth-order valence-corrected chi connectivity index (χ4v) is 0.277. The van der Waals surface area contributed by atoms with Crippen molar-refractivity contribution in [2.24, 2.45) is 5.41 Å². The molecule has 4 heteroatoms. The van der Waals surface area contributed by atoms with Crippen molar-refractivity contribution in [2.75, 3.05) is 0 Å². The van der Waals surface area contributed by atoms with Crippen LogP contribution in [0, 0.1) is 11.5 Å². The maximum absolute atomic E-state index is 10.0. The van der Waals surface area contributed by atoms with Crippen molar-refractivity contribution in [3.8, 4) is 0 Å². The minimum absolute atomic E-state index is 0. The van der Waals surface area contributed by atoms with Crippen LogP contribution in [-0.4, -0.2) is 16.1 Å². The second kappa shape index (κ2) is 7.63. The summed E-state index contributed by atoms with van der Waals surface area (Å²) in [5, 5.41) is 8.25. The number of rotatable bonds is 0. The summed E-state index contributed by atoms with van der Waals surface area (Å²) >= 11 is 0. The van der Waals surface area contributed by atoms with Gasteiger partial charge in [-0.3, -0.25) is 4.79 Å². The maximum atomic E-state index is 10.0. The zero-order valence-corrected chi connectivity index (χ0v) is 11.8. The van der Waals surface area contributed by atoms with Crippen LogP contribution in [0.15, 0.2) is 24.5 Å². The van der Waals surface area contributed by atoms with Crippen LogP contribution in [0.1, 0.15) is 20.8 Å². The summed E-state index contributed by atoms with van der Waals surface area (Å²) in [6.07, 6.45) is 3.34. The Kier molecular flexibility index (Phi) is 8.56. The number of aliphatic carboxylic acids is 1. The number of hydrogen-bond donors (Lipinski definition) is 1. The molecular weight excluding hydrogens is 232 g/mol. The third-order valence-corrected chi connectivity index (χ3v) is 1.16. The molecule has 0 radical (unpaired) electrons. The number of hydrogen-bond acceptors (Lipinski definition) is 2. The zero-order chi connectivity index (χ0) is 10.3. The van der Waals surface area contributed by atoms with Crippen molar-refractivity contribution in [3.05, 3.63) is 30.6 Å². The topological polar surface area (TPSA) is 50.2 Å². The van der Waals surface area contributed by atoms with Crippen molar-refractivity contribution >= 4 is 5.97 Å². The number of carboxylic acids is 1. The molecule has 0 aliphatic heterocycles. The molecular formula is C10H14NO2Zn-. The van der Waals surface area contributed by atoms with Gasteiger partial charge in [0.1, 0.15) is 0 Å². The van der Waals surface area contributed by atoms with E-state index in [-0.39, 0.29) is 19.5 Å². The second-order valence-electron chi connectivity index (χ2n) is 3.51. The van der Waals surface area contributed by atoms with E-state index in [1.165, 1.54) is 0 Å². The van der Waals surface area contributed by atoms with E-state index in [2.05, 4.69) is 11.1 Å². The molecule has 3 nitrogen and oxygen atoms in total.